The second-order valence-corrected chi connectivity index (χ2v) is 4.86. The Labute approximate surface area is 99.6 Å². The molecule has 0 aliphatic rings. The number of amides is 1. The second-order valence-electron chi connectivity index (χ2n) is 3.48. The van der Waals surface area contributed by atoms with Crippen LogP contribution >= 0.6 is 11.8 Å². The van der Waals surface area contributed by atoms with E-state index in [9.17, 15) is 9.18 Å². The lowest BCUT2D eigenvalue weighted by Crippen LogP contribution is -2.31. The molecule has 1 unspecified atom stereocenters. The number of carbonyl (C=O) groups is 1. The van der Waals surface area contributed by atoms with E-state index in [-0.39, 0.29) is 17.0 Å². The van der Waals surface area contributed by atoms with E-state index in [4.69, 9.17) is 0 Å². The first-order chi connectivity index (χ1) is 7.65. The van der Waals surface area contributed by atoms with Gasteiger partial charge >= 0.3 is 0 Å². The summed E-state index contributed by atoms with van der Waals surface area (Å²) in [6, 6.07) is 6.49. The smallest absolute Gasteiger partial charge is 0.233 e. The van der Waals surface area contributed by atoms with Crippen LogP contribution in [0.2, 0.25) is 0 Å². The van der Waals surface area contributed by atoms with E-state index in [0.717, 1.165) is 6.42 Å². The lowest BCUT2D eigenvalue weighted by Gasteiger charge is -2.11. The molecule has 0 saturated carbocycles. The minimum Gasteiger partial charge on any atom is -0.355 e. The van der Waals surface area contributed by atoms with Crippen molar-refractivity contribution in [2.24, 2.45) is 0 Å². The van der Waals surface area contributed by atoms with Crippen LogP contribution in [0.4, 0.5) is 4.39 Å². The molecule has 0 aliphatic heterocycles. The maximum Gasteiger partial charge on any atom is 0.233 e. The van der Waals surface area contributed by atoms with Crippen LogP contribution in [-0.2, 0) is 4.79 Å². The van der Waals surface area contributed by atoms with E-state index < -0.39 is 0 Å². The van der Waals surface area contributed by atoms with E-state index in [1.54, 1.807) is 25.1 Å². The zero-order valence-corrected chi connectivity index (χ0v) is 10.3. The maximum atomic E-state index is 13.3. The van der Waals surface area contributed by atoms with Crippen molar-refractivity contribution in [3.63, 3.8) is 0 Å². The number of carbonyl (C=O) groups excluding carboxylic acids is 1. The Kier molecular flexibility index (Phi) is 5.32. The highest BCUT2D eigenvalue weighted by Gasteiger charge is 2.15. The SMILES string of the molecule is CCCNC(=O)C(C)Sc1ccccc1F. The third kappa shape index (κ3) is 3.85. The molecule has 1 N–H and O–H groups in total. The van der Waals surface area contributed by atoms with E-state index in [1.165, 1.54) is 17.8 Å². The largest absolute Gasteiger partial charge is 0.355 e. The van der Waals surface area contributed by atoms with Gasteiger partial charge in [0.2, 0.25) is 5.91 Å². The predicted molar refractivity (Wildman–Crippen MR) is 65.0 cm³/mol. The van der Waals surface area contributed by atoms with Gasteiger partial charge in [0.15, 0.2) is 0 Å². The molecule has 0 heterocycles. The van der Waals surface area contributed by atoms with Crippen LogP contribution in [0.5, 0.6) is 0 Å². The van der Waals surface area contributed by atoms with Crippen molar-refractivity contribution < 1.29 is 9.18 Å². The van der Waals surface area contributed by atoms with Gasteiger partial charge in [0.25, 0.3) is 0 Å². The lowest BCUT2D eigenvalue weighted by atomic mass is 10.3. The molecule has 0 spiro atoms. The molecule has 88 valence electrons. The van der Waals surface area contributed by atoms with Gasteiger partial charge in [-0.15, -0.1) is 11.8 Å². The molecule has 0 saturated heterocycles. The van der Waals surface area contributed by atoms with Crippen LogP contribution < -0.4 is 5.32 Å². The summed E-state index contributed by atoms with van der Waals surface area (Å²) in [5, 5.41) is 2.52. The fraction of sp³-hybridized carbons (Fsp3) is 0.417. The van der Waals surface area contributed by atoms with Gasteiger partial charge < -0.3 is 5.32 Å². The molecule has 1 rings (SSSR count). The molecule has 1 amide bonds. The zero-order chi connectivity index (χ0) is 12.0. The van der Waals surface area contributed by atoms with Gasteiger partial charge in [-0.3, -0.25) is 4.79 Å². The van der Waals surface area contributed by atoms with Gasteiger partial charge in [-0.25, -0.2) is 4.39 Å². The van der Waals surface area contributed by atoms with Crippen LogP contribution in [0.15, 0.2) is 29.2 Å². The first kappa shape index (κ1) is 13.0. The van der Waals surface area contributed by atoms with E-state index >= 15 is 0 Å². The molecule has 0 fully saturated rings. The number of hydrogen-bond acceptors (Lipinski definition) is 2. The minimum atomic E-state index is -0.275. The third-order valence-electron chi connectivity index (χ3n) is 2.06. The standard InChI is InChI=1S/C12H16FNOS/c1-3-8-14-12(15)9(2)16-11-7-5-4-6-10(11)13/h4-7,9H,3,8H2,1-2H3,(H,14,15). The Morgan fingerprint density at radius 1 is 1.50 bits per heavy atom. The summed E-state index contributed by atoms with van der Waals surface area (Å²) in [4.78, 5) is 12.1. The van der Waals surface area contributed by atoms with Crippen molar-refractivity contribution in [2.45, 2.75) is 30.4 Å². The summed E-state index contributed by atoms with van der Waals surface area (Å²) in [5.74, 6) is -0.322. The highest BCUT2D eigenvalue weighted by molar-refractivity contribution is 8.00. The van der Waals surface area contributed by atoms with Gasteiger partial charge in [0.05, 0.1) is 5.25 Å². The monoisotopic (exact) mass is 241 g/mol. The van der Waals surface area contributed by atoms with Gasteiger partial charge in [0.1, 0.15) is 5.82 Å². The highest BCUT2D eigenvalue weighted by Crippen LogP contribution is 2.25. The summed E-state index contributed by atoms with van der Waals surface area (Å²) in [5.41, 5.74) is 0. The van der Waals surface area contributed by atoms with Crippen molar-refractivity contribution in [2.75, 3.05) is 6.54 Å². The third-order valence-corrected chi connectivity index (χ3v) is 3.21. The van der Waals surface area contributed by atoms with E-state index in [2.05, 4.69) is 5.32 Å². The minimum absolute atomic E-state index is 0.0462. The number of thioether (sulfide) groups is 1. The zero-order valence-electron chi connectivity index (χ0n) is 9.50. The van der Waals surface area contributed by atoms with Crippen LogP contribution in [0.1, 0.15) is 20.3 Å². The average Bonchev–Trinajstić information content (AvgIpc) is 2.28. The normalized spacial score (nSPS) is 12.2. The van der Waals surface area contributed by atoms with Gasteiger partial charge in [-0.1, -0.05) is 19.1 Å². The predicted octanol–water partition coefficient (Wildman–Crippen LogP) is 2.83. The molecule has 4 heteroatoms. The molecule has 16 heavy (non-hydrogen) atoms. The molecule has 0 aromatic heterocycles. The first-order valence-electron chi connectivity index (χ1n) is 5.34. The molecule has 1 aromatic carbocycles. The second kappa shape index (κ2) is 6.53. The number of benzene rings is 1. The van der Waals surface area contributed by atoms with Crippen molar-refractivity contribution in [1.82, 2.24) is 5.32 Å². The van der Waals surface area contributed by atoms with Crippen molar-refractivity contribution in [3.8, 4) is 0 Å². The Morgan fingerprint density at radius 3 is 2.81 bits per heavy atom. The summed E-state index contributed by atoms with van der Waals surface area (Å²) in [7, 11) is 0. The highest BCUT2D eigenvalue weighted by atomic mass is 32.2. The maximum absolute atomic E-state index is 13.3. The quantitative estimate of drug-likeness (QED) is 0.803. The van der Waals surface area contributed by atoms with Gasteiger partial charge in [-0.05, 0) is 25.5 Å². The fourth-order valence-corrected chi connectivity index (χ4v) is 2.09. The summed E-state index contributed by atoms with van der Waals surface area (Å²) in [6.07, 6.45) is 0.906. The molecular formula is C12H16FNOS. The molecular weight excluding hydrogens is 225 g/mol. The number of hydrogen-bond donors (Lipinski definition) is 1. The molecule has 0 bridgehead atoms. The topological polar surface area (TPSA) is 29.1 Å². The van der Waals surface area contributed by atoms with E-state index in [0.29, 0.717) is 11.4 Å². The Bertz CT molecular complexity index is 357. The van der Waals surface area contributed by atoms with Crippen LogP contribution in [-0.4, -0.2) is 17.7 Å². The summed E-state index contributed by atoms with van der Waals surface area (Å²) in [6.45, 7) is 4.44. The van der Waals surface area contributed by atoms with Crippen molar-refractivity contribution in [1.29, 1.82) is 0 Å². The first-order valence-corrected chi connectivity index (χ1v) is 6.22. The Morgan fingerprint density at radius 2 is 2.19 bits per heavy atom. The Balaban J connectivity index is 2.54. The van der Waals surface area contributed by atoms with Gasteiger partial charge in [0, 0.05) is 11.4 Å². The van der Waals surface area contributed by atoms with E-state index in [1.807, 2.05) is 6.92 Å². The molecule has 1 aromatic rings. The summed E-state index contributed by atoms with van der Waals surface area (Å²) < 4.78 is 13.3. The molecule has 2 nitrogen and oxygen atoms in total. The molecule has 0 radical (unpaired) electrons. The average molecular weight is 241 g/mol. The lowest BCUT2D eigenvalue weighted by molar-refractivity contribution is -0.120. The number of halogens is 1. The fourth-order valence-electron chi connectivity index (χ4n) is 1.18. The van der Waals surface area contributed by atoms with Crippen LogP contribution in [0.3, 0.4) is 0 Å². The van der Waals surface area contributed by atoms with Crippen LogP contribution in [0.25, 0.3) is 0 Å². The van der Waals surface area contributed by atoms with Crippen molar-refractivity contribution >= 4 is 17.7 Å². The molecule has 0 aliphatic carbocycles. The number of nitrogens with one attached hydrogen (secondary N) is 1. The number of rotatable bonds is 5. The van der Waals surface area contributed by atoms with Crippen LogP contribution in [0, 0.1) is 5.82 Å². The Hall–Kier alpha value is -1.03. The summed E-state index contributed by atoms with van der Waals surface area (Å²) >= 11 is 1.24. The molecule has 1 atom stereocenters. The van der Waals surface area contributed by atoms with Crippen molar-refractivity contribution in [3.05, 3.63) is 30.1 Å². The van der Waals surface area contributed by atoms with Gasteiger partial charge in [-0.2, -0.15) is 0 Å².